The molecule has 0 unspecified atom stereocenters. The number of halogens is 4. The number of anilines is 2. The van der Waals surface area contributed by atoms with Crippen LogP contribution in [0, 0.1) is 5.92 Å². The Hall–Kier alpha value is -0.980. The van der Waals surface area contributed by atoms with E-state index in [0.717, 1.165) is 4.47 Å². The van der Waals surface area contributed by atoms with Crippen molar-refractivity contribution in [3.05, 3.63) is 16.6 Å². The van der Waals surface area contributed by atoms with Crippen LogP contribution in [0.3, 0.4) is 0 Å². The van der Waals surface area contributed by atoms with Gasteiger partial charge in [-0.3, -0.25) is 0 Å². The largest absolute Gasteiger partial charge is 0.391 e. The SMILES string of the molecule is Nc1ccc(Br)c(N2CCC(C(F)(F)F)CC2)n1. The van der Waals surface area contributed by atoms with Gasteiger partial charge in [-0.05, 0) is 40.9 Å². The minimum Gasteiger partial charge on any atom is -0.384 e. The Morgan fingerprint density at radius 2 is 1.89 bits per heavy atom. The van der Waals surface area contributed by atoms with Crippen molar-refractivity contribution >= 4 is 27.6 Å². The zero-order valence-corrected chi connectivity index (χ0v) is 11.1. The van der Waals surface area contributed by atoms with Crippen LogP contribution in [0.5, 0.6) is 0 Å². The molecule has 0 aliphatic carbocycles. The van der Waals surface area contributed by atoms with Gasteiger partial charge in [0.05, 0.1) is 10.4 Å². The van der Waals surface area contributed by atoms with Gasteiger partial charge in [-0.25, -0.2) is 4.98 Å². The summed E-state index contributed by atoms with van der Waals surface area (Å²) in [7, 11) is 0. The Morgan fingerprint density at radius 1 is 1.28 bits per heavy atom. The second-order valence-electron chi connectivity index (χ2n) is 4.34. The summed E-state index contributed by atoms with van der Waals surface area (Å²) in [6.07, 6.45) is -3.88. The number of nitrogens with zero attached hydrogens (tertiary/aromatic N) is 2. The minimum atomic E-state index is -4.09. The average molecular weight is 324 g/mol. The number of rotatable bonds is 1. The number of alkyl halides is 3. The van der Waals surface area contributed by atoms with Crippen LogP contribution in [0.25, 0.3) is 0 Å². The van der Waals surface area contributed by atoms with Crippen LogP contribution >= 0.6 is 15.9 Å². The van der Waals surface area contributed by atoms with Crippen LogP contribution in [-0.2, 0) is 0 Å². The van der Waals surface area contributed by atoms with Gasteiger partial charge < -0.3 is 10.6 Å². The molecule has 2 rings (SSSR count). The molecule has 1 aromatic heterocycles. The summed E-state index contributed by atoms with van der Waals surface area (Å²) >= 11 is 3.34. The van der Waals surface area contributed by atoms with E-state index in [1.807, 2.05) is 4.90 Å². The van der Waals surface area contributed by atoms with Crippen LogP contribution < -0.4 is 10.6 Å². The van der Waals surface area contributed by atoms with E-state index in [1.165, 1.54) is 0 Å². The number of nitrogen functional groups attached to an aromatic ring is 1. The molecule has 0 atom stereocenters. The molecule has 1 saturated heterocycles. The molecule has 7 heteroatoms. The summed E-state index contributed by atoms with van der Waals surface area (Å²) in [6.45, 7) is 0.693. The highest BCUT2D eigenvalue weighted by atomic mass is 79.9. The summed E-state index contributed by atoms with van der Waals surface area (Å²) in [5.74, 6) is -0.213. The lowest BCUT2D eigenvalue weighted by Crippen LogP contribution is -2.39. The van der Waals surface area contributed by atoms with E-state index in [1.54, 1.807) is 12.1 Å². The second-order valence-corrected chi connectivity index (χ2v) is 5.20. The fraction of sp³-hybridized carbons (Fsp3) is 0.545. The van der Waals surface area contributed by atoms with Crippen molar-refractivity contribution in [3.8, 4) is 0 Å². The number of hydrogen-bond acceptors (Lipinski definition) is 3. The predicted molar refractivity (Wildman–Crippen MR) is 67.3 cm³/mol. The standard InChI is InChI=1S/C11H13BrF3N3/c12-8-1-2-9(16)17-10(8)18-5-3-7(4-6-18)11(13,14)15/h1-2,7H,3-6H2,(H2,16,17). The molecule has 0 spiro atoms. The number of piperidine rings is 1. The van der Waals surface area contributed by atoms with Crippen LogP contribution in [0.15, 0.2) is 16.6 Å². The minimum absolute atomic E-state index is 0.104. The number of pyridine rings is 1. The fourth-order valence-corrected chi connectivity index (χ4v) is 2.56. The molecule has 2 N–H and O–H groups in total. The van der Waals surface area contributed by atoms with Gasteiger partial charge in [-0.2, -0.15) is 13.2 Å². The first-order valence-corrected chi connectivity index (χ1v) is 6.41. The quantitative estimate of drug-likeness (QED) is 0.863. The first-order chi connectivity index (χ1) is 8.38. The van der Waals surface area contributed by atoms with E-state index in [2.05, 4.69) is 20.9 Å². The van der Waals surface area contributed by atoms with Crippen molar-refractivity contribution in [3.63, 3.8) is 0 Å². The third kappa shape index (κ3) is 2.88. The molecule has 3 nitrogen and oxygen atoms in total. The van der Waals surface area contributed by atoms with E-state index in [4.69, 9.17) is 5.73 Å². The molecule has 2 heterocycles. The van der Waals surface area contributed by atoms with Gasteiger partial charge in [0.15, 0.2) is 0 Å². The van der Waals surface area contributed by atoms with Crippen molar-refractivity contribution in [2.75, 3.05) is 23.7 Å². The van der Waals surface area contributed by atoms with Crippen LogP contribution in [0.2, 0.25) is 0 Å². The van der Waals surface area contributed by atoms with Crippen LogP contribution in [-0.4, -0.2) is 24.2 Å². The normalized spacial score (nSPS) is 18.1. The Kier molecular flexibility index (Phi) is 3.70. The number of hydrogen-bond donors (Lipinski definition) is 1. The van der Waals surface area contributed by atoms with Gasteiger partial charge in [0.1, 0.15) is 11.6 Å². The highest BCUT2D eigenvalue weighted by Gasteiger charge is 2.41. The Balaban J connectivity index is 2.08. The molecule has 0 radical (unpaired) electrons. The van der Waals surface area contributed by atoms with Gasteiger partial charge >= 0.3 is 6.18 Å². The molecular formula is C11H13BrF3N3. The topological polar surface area (TPSA) is 42.1 Å². The summed E-state index contributed by atoms with van der Waals surface area (Å²) in [6, 6.07) is 3.41. The maximum Gasteiger partial charge on any atom is 0.391 e. The Labute approximate surface area is 111 Å². The average Bonchev–Trinajstić information content (AvgIpc) is 2.31. The van der Waals surface area contributed by atoms with E-state index >= 15 is 0 Å². The van der Waals surface area contributed by atoms with Crippen molar-refractivity contribution in [2.24, 2.45) is 5.92 Å². The molecule has 1 fully saturated rings. The Morgan fingerprint density at radius 3 is 2.44 bits per heavy atom. The number of aromatic nitrogens is 1. The van der Waals surface area contributed by atoms with E-state index in [9.17, 15) is 13.2 Å². The molecular weight excluding hydrogens is 311 g/mol. The molecule has 18 heavy (non-hydrogen) atoms. The lowest BCUT2D eigenvalue weighted by Gasteiger charge is -2.34. The van der Waals surface area contributed by atoms with Crippen LogP contribution in [0.4, 0.5) is 24.8 Å². The van der Waals surface area contributed by atoms with Gasteiger partial charge in [-0.1, -0.05) is 0 Å². The predicted octanol–water partition coefficient (Wildman–Crippen LogP) is 3.21. The third-order valence-electron chi connectivity index (χ3n) is 3.11. The monoisotopic (exact) mass is 323 g/mol. The molecule has 0 saturated carbocycles. The molecule has 1 aromatic rings. The van der Waals surface area contributed by atoms with E-state index in [0.29, 0.717) is 24.7 Å². The van der Waals surface area contributed by atoms with Crippen molar-refractivity contribution in [2.45, 2.75) is 19.0 Å². The van der Waals surface area contributed by atoms with E-state index < -0.39 is 12.1 Å². The highest BCUT2D eigenvalue weighted by Crippen LogP contribution is 2.36. The molecule has 1 aliphatic heterocycles. The summed E-state index contributed by atoms with van der Waals surface area (Å²) in [4.78, 5) is 6.00. The van der Waals surface area contributed by atoms with Crippen molar-refractivity contribution in [1.29, 1.82) is 0 Å². The van der Waals surface area contributed by atoms with Crippen molar-refractivity contribution < 1.29 is 13.2 Å². The lowest BCUT2D eigenvalue weighted by atomic mass is 9.96. The van der Waals surface area contributed by atoms with Gasteiger partial charge in [-0.15, -0.1) is 0 Å². The molecule has 0 aromatic carbocycles. The lowest BCUT2D eigenvalue weighted by molar-refractivity contribution is -0.179. The maximum atomic E-state index is 12.6. The molecule has 100 valence electrons. The summed E-state index contributed by atoms with van der Waals surface area (Å²) < 4.78 is 38.4. The van der Waals surface area contributed by atoms with Crippen molar-refractivity contribution in [1.82, 2.24) is 4.98 Å². The maximum absolute atomic E-state index is 12.6. The molecule has 0 amide bonds. The fourth-order valence-electron chi connectivity index (χ4n) is 2.09. The smallest absolute Gasteiger partial charge is 0.384 e. The zero-order chi connectivity index (χ0) is 13.3. The van der Waals surface area contributed by atoms with E-state index in [-0.39, 0.29) is 12.8 Å². The summed E-state index contributed by atoms with van der Waals surface area (Å²) in [5, 5.41) is 0. The third-order valence-corrected chi connectivity index (χ3v) is 3.73. The second kappa shape index (κ2) is 4.95. The zero-order valence-electron chi connectivity index (χ0n) is 9.54. The Bertz CT molecular complexity index is 428. The van der Waals surface area contributed by atoms with Crippen LogP contribution in [0.1, 0.15) is 12.8 Å². The van der Waals surface area contributed by atoms with Gasteiger partial charge in [0.2, 0.25) is 0 Å². The first kappa shape index (κ1) is 13.5. The first-order valence-electron chi connectivity index (χ1n) is 5.61. The highest BCUT2D eigenvalue weighted by molar-refractivity contribution is 9.10. The molecule has 0 bridgehead atoms. The summed E-state index contributed by atoms with van der Waals surface area (Å²) in [5.41, 5.74) is 5.59. The van der Waals surface area contributed by atoms with Gasteiger partial charge in [0.25, 0.3) is 0 Å². The molecule has 1 aliphatic rings. The van der Waals surface area contributed by atoms with Gasteiger partial charge in [0, 0.05) is 13.1 Å². The number of nitrogens with two attached hydrogens (primary N) is 1.